The first-order valence-electron chi connectivity index (χ1n) is 5.54. The van der Waals surface area contributed by atoms with Gasteiger partial charge in [0.25, 0.3) is 0 Å². The molecular weight excluding hydrogens is 226 g/mol. The van der Waals surface area contributed by atoms with E-state index in [0.717, 1.165) is 0 Å². The van der Waals surface area contributed by atoms with Gasteiger partial charge in [0.2, 0.25) is 5.91 Å². The van der Waals surface area contributed by atoms with Gasteiger partial charge >= 0.3 is 6.03 Å². The fraction of sp³-hybridized carbons (Fsp3) is 0.800. The average Bonchev–Trinajstić information content (AvgIpc) is 2.31. The average molecular weight is 247 g/mol. The van der Waals surface area contributed by atoms with Crippen molar-refractivity contribution >= 4 is 11.9 Å². The number of rotatable bonds is 7. The van der Waals surface area contributed by atoms with Gasteiger partial charge in [0, 0.05) is 6.54 Å². The number of hydrogen-bond donors (Lipinski definition) is 5. The highest BCUT2D eigenvalue weighted by Crippen LogP contribution is 2.07. The Kier molecular flexibility index (Phi) is 7.24. The zero-order valence-electron chi connectivity index (χ0n) is 10.1. The van der Waals surface area contributed by atoms with Crippen molar-refractivity contribution in [2.75, 3.05) is 13.2 Å². The van der Waals surface area contributed by atoms with Crippen molar-refractivity contribution in [2.24, 2.45) is 11.7 Å². The summed E-state index contributed by atoms with van der Waals surface area (Å²) in [7, 11) is 0. The van der Waals surface area contributed by atoms with E-state index in [4.69, 9.17) is 15.9 Å². The zero-order chi connectivity index (χ0) is 13.4. The van der Waals surface area contributed by atoms with Crippen LogP contribution in [0.1, 0.15) is 20.3 Å². The number of carbonyl (C=O) groups excluding carboxylic acids is 2. The molecule has 17 heavy (non-hydrogen) atoms. The third-order valence-corrected chi connectivity index (χ3v) is 2.52. The molecule has 0 aromatic heterocycles. The number of nitrogens with two attached hydrogens (primary N) is 1. The lowest BCUT2D eigenvalue weighted by molar-refractivity contribution is -0.124. The van der Waals surface area contributed by atoms with Crippen LogP contribution in [0.2, 0.25) is 0 Å². The van der Waals surface area contributed by atoms with Gasteiger partial charge in [-0.1, -0.05) is 20.3 Å². The van der Waals surface area contributed by atoms with E-state index in [0.29, 0.717) is 6.42 Å². The van der Waals surface area contributed by atoms with E-state index in [1.165, 1.54) is 0 Å². The van der Waals surface area contributed by atoms with Gasteiger partial charge in [-0.15, -0.1) is 0 Å². The Hall–Kier alpha value is -1.34. The molecule has 0 rings (SSSR count). The summed E-state index contributed by atoms with van der Waals surface area (Å²) in [6.07, 6.45) is -0.314. The largest absolute Gasteiger partial charge is 0.394 e. The zero-order valence-corrected chi connectivity index (χ0v) is 10.1. The van der Waals surface area contributed by atoms with Crippen LogP contribution in [-0.2, 0) is 4.79 Å². The molecule has 0 spiro atoms. The van der Waals surface area contributed by atoms with Crippen molar-refractivity contribution in [3.05, 3.63) is 0 Å². The van der Waals surface area contributed by atoms with Crippen LogP contribution in [0.5, 0.6) is 0 Å². The van der Waals surface area contributed by atoms with E-state index in [1.54, 1.807) is 0 Å². The molecule has 0 aromatic rings. The van der Waals surface area contributed by atoms with Crippen molar-refractivity contribution in [2.45, 2.75) is 32.4 Å². The molecule has 0 radical (unpaired) electrons. The standard InChI is InChI=1S/C10H21N3O4/c1-3-6(2)8(13-10(11)17)9(16)12-4-7(15)5-14/h6-8,14-15H,3-5H2,1-2H3,(H,12,16)(H3,11,13,17). The second-order valence-corrected chi connectivity index (χ2v) is 3.95. The van der Waals surface area contributed by atoms with Crippen LogP contribution >= 0.6 is 0 Å². The number of aliphatic hydroxyl groups is 2. The first-order chi connectivity index (χ1) is 7.92. The third-order valence-electron chi connectivity index (χ3n) is 2.52. The minimum atomic E-state index is -1.01. The number of carbonyl (C=O) groups is 2. The summed E-state index contributed by atoms with van der Waals surface area (Å²) in [6.45, 7) is 3.19. The lowest BCUT2D eigenvalue weighted by Gasteiger charge is -2.23. The van der Waals surface area contributed by atoms with Gasteiger partial charge in [0.1, 0.15) is 6.04 Å². The van der Waals surface area contributed by atoms with Crippen molar-refractivity contribution in [3.8, 4) is 0 Å². The predicted octanol–water partition coefficient (Wildman–Crippen LogP) is -1.46. The van der Waals surface area contributed by atoms with Crippen molar-refractivity contribution < 1.29 is 19.8 Å². The van der Waals surface area contributed by atoms with Gasteiger partial charge in [-0.25, -0.2) is 4.79 Å². The van der Waals surface area contributed by atoms with E-state index >= 15 is 0 Å². The molecule has 3 atom stereocenters. The summed E-state index contributed by atoms with van der Waals surface area (Å²) < 4.78 is 0. The molecule has 7 heteroatoms. The second kappa shape index (κ2) is 7.86. The molecular formula is C10H21N3O4. The molecule has 0 saturated carbocycles. The van der Waals surface area contributed by atoms with Gasteiger partial charge in [0.15, 0.2) is 0 Å². The first kappa shape index (κ1) is 15.7. The maximum atomic E-state index is 11.7. The monoisotopic (exact) mass is 247 g/mol. The quantitative estimate of drug-likeness (QED) is 0.377. The Morgan fingerprint density at radius 2 is 2.00 bits per heavy atom. The second-order valence-electron chi connectivity index (χ2n) is 3.95. The van der Waals surface area contributed by atoms with Crippen LogP contribution < -0.4 is 16.4 Å². The smallest absolute Gasteiger partial charge is 0.312 e. The molecule has 0 fully saturated rings. The van der Waals surface area contributed by atoms with E-state index in [1.807, 2.05) is 13.8 Å². The van der Waals surface area contributed by atoms with Crippen LogP contribution in [0.15, 0.2) is 0 Å². The number of hydrogen-bond acceptors (Lipinski definition) is 4. The van der Waals surface area contributed by atoms with Crippen molar-refractivity contribution in [3.63, 3.8) is 0 Å². The molecule has 0 aliphatic carbocycles. The number of amides is 3. The topological polar surface area (TPSA) is 125 Å². The highest BCUT2D eigenvalue weighted by molar-refractivity contribution is 5.86. The Morgan fingerprint density at radius 3 is 2.41 bits per heavy atom. The van der Waals surface area contributed by atoms with E-state index < -0.39 is 30.7 Å². The summed E-state index contributed by atoms with van der Waals surface area (Å²) in [5.41, 5.74) is 4.99. The normalized spacial score (nSPS) is 15.8. The van der Waals surface area contributed by atoms with E-state index in [-0.39, 0.29) is 12.5 Å². The summed E-state index contributed by atoms with van der Waals surface area (Å²) in [5.74, 6) is -0.501. The van der Waals surface area contributed by atoms with Crippen molar-refractivity contribution in [1.29, 1.82) is 0 Å². The molecule has 100 valence electrons. The first-order valence-corrected chi connectivity index (χ1v) is 5.54. The van der Waals surface area contributed by atoms with Gasteiger partial charge in [-0.05, 0) is 5.92 Å². The van der Waals surface area contributed by atoms with Crippen LogP contribution in [0.3, 0.4) is 0 Å². The van der Waals surface area contributed by atoms with Gasteiger partial charge in [-0.3, -0.25) is 4.79 Å². The van der Waals surface area contributed by atoms with Crippen LogP contribution in [0, 0.1) is 5.92 Å². The minimum Gasteiger partial charge on any atom is -0.394 e. The molecule has 0 bridgehead atoms. The van der Waals surface area contributed by atoms with Gasteiger partial charge in [0.05, 0.1) is 12.7 Å². The summed E-state index contributed by atoms with van der Waals surface area (Å²) in [4.78, 5) is 22.5. The number of nitrogens with one attached hydrogen (secondary N) is 2. The van der Waals surface area contributed by atoms with Crippen LogP contribution in [-0.4, -0.2) is 47.4 Å². The van der Waals surface area contributed by atoms with E-state index in [9.17, 15) is 9.59 Å². The SMILES string of the molecule is CCC(C)C(NC(N)=O)C(=O)NCC(O)CO. The molecule has 0 heterocycles. The Balaban J connectivity index is 4.37. The fourth-order valence-electron chi connectivity index (χ4n) is 1.25. The summed E-state index contributed by atoms with van der Waals surface area (Å²) in [5, 5.41) is 22.5. The van der Waals surface area contributed by atoms with Crippen LogP contribution in [0.4, 0.5) is 4.79 Å². The molecule has 0 aliphatic heterocycles. The summed E-state index contributed by atoms with van der Waals surface area (Å²) >= 11 is 0. The molecule has 6 N–H and O–H groups in total. The predicted molar refractivity (Wildman–Crippen MR) is 62.1 cm³/mol. The molecule has 0 aromatic carbocycles. The molecule has 3 amide bonds. The lowest BCUT2D eigenvalue weighted by Crippen LogP contribution is -2.53. The number of aliphatic hydroxyl groups excluding tert-OH is 2. The Labute approximate surface area is 100 Å². The molecule has 0 saturated heterocycles. The molecule has 7 nitrogen and oxygen atoms in total. The Morgan fingerprint density at radius 1 is 1.41 bits per heavy atom. The lowest BCUT2D eigenvalue weighted by atomic mass is 9.98. The summed E-state index contributed by atoms with van der Waals surface area (Å²) in [6, 6.07) is -1.50. The Bertz CT molecular complexity index is 260. The van der Waals surface area contributed by atoms with Gasteiger partial charge < -0.3 is 26.6 Å². The number of primary amides is 1. The fourth-order valence-corrected chi connectivity index (χ4v) is 1.25. The third kappa shape index (κ3) is 6.08. The molecule has 0 aliphatic rings. The number of urea groups is 1. The molecule has 3 unspecified atom stereocenters. The highest BCUT2D eigenvalue weighted by Gasteiger charge is 2.25. The van der Waals surface area contributed by atoms with Gasteiger partial charge in [-0.2, -0.15) is 0 Å². The van der Waals surface area contributed by atoms with E-state index in [2.05, 4.69) is 10.6 Å². The minimum absolute atomic E-state index is 0.0668. The van der Waals surface area contributed by atoms with Crippen LogP contribution in [0.25, 0.3) is 0 Å². The maximum Gasteiger partial charge on any atom is 0.312 e. The maximum absolute atomic E-state index is 11.7. The highest BCUT2D eigenvalue weighted by atomic mass is 16.3. The van der Waals surface area contributed by atoms with Crippen molar-refractivity contribution in [1.82, 2.24) is 10.6 Å².